The van der Waals surface area contributed by atoms with Gasteiger partial charge in [-0.2, -0.15) is 0 Å². The van der Waals surface area contributed by atoms with Crippen LogP contribution in [-0.2, 0) is 16.0 Å². The molecule has 0 aliphatic heterocycles. The largest absolute Gasteiger partial charge is 0.491 e. The SMILES string of the molecule is CCCOc1ccc(CC(=O)OC)cc1N. The van der Waals surface area contributed by atoms with Crippen LogP contribution in [0.25, 0.3) is 0 Å². The predicted molar refractivity (Wildman–Crippen MR) is 62.4 cm³/mol. The van der Waals surface area contributed by atoms with Gasteiger partial charge >= 0.3 is 5.97 Å². The van der Waals surface area contributed by atoms with Crippen LogP contribution in [0.5, 0.6) is 5.75 Å². The van der Waals surface area contributed by atoms with Crippen LogP contribution in [0, 0.1) is 0 Å². The van der Waals surface area contributed by atoms with Crippen molar-refractivity contribution in [1.29, 1.82) is 0 Å². The lowest BCUT2D eigenvalue weighted by atomic mass is 10.1. The zero-order valence-electron chi connectivity index (χ0n) is 9.66. The Morgan fingerprint density at radius 2 is 2.19 bits per heavy atom. The molecule has 0 atom stereocenters. The molecule has 0 saturated carbocycles. The molecule has 0 aliphatic carbocycles. The van der Waals surface area contributed by atoms with Gasteiger partial charge in [0.25, 0.3) is 0 Å². The van der Waals surface area contributed by atoms with Crippen molar-refractivity contribution in [1.82, 2.24) is 0 Å². The molecule has 0 aliphatic rings. The third-order valence-electron chi connectivity index (χ3n) is 2.11. The van der Waals surface area contributed by atoms with Gasteiger partial charge in [0.2, 0.25) is 0 Å². The quantitative estimate of drug-likeness (QED) is 0.610. The number of methoxy groups -OCH3 is 1. The van der Waals surface area contributed by atoms with Crippen LogP contribution in [-0.4, -0.2) is 19.7 Å². The van der Waals surface area contributed by atoms with Gasteiger partial charge in [-0.05, 0) is 24.1 Å². The van der Waals surface area contributed by atoms with Crippen molar-refractivity contribution in [3.8, 4) is 5.75 Å². The minimum absolute atomic E-state index is 0.231. The van der Waals surface area contributed by atoms with E-state index in [1.807, 2.05) is 13.0 Å². The van der Waals surface area contributed by atoms with E-state index in [0.717, 1.165) is 12.0 Å². The molecule has 4 nitrogen and oxygen atoms in total. The van der Waals surface area contributed by atoms with E-state index in [9.17, 15) is 4.79 Å². The van der Waals surface area contributed by atoms with Gasteiger partial charge in [0.15, 0.2) is 0 Å². The van der Waals surface area contributed by atoms with E-state index >= 15 is 0 Å². The first kappa shape index (κ1) is 12.4. The molecule has 0 spiro atoms. The highest BCUT2D eigenvalue weighted by Crippen LogP contribution is 2.23. The van der Waals surface area contributed by atoms with Crippen molar-refractivity contribution in [3.05, 3.63) is 23.8 Å². The highest BCUT2D eigenvalue weighted by Gasteiger charge is 2.06. The molecule has 1 aromatic carbocycles. The van der Waals surface area contributed by atoms with Gasteiger partial charge in [0, 0.05) is 0 Å². The van der Waals surface area contributed by atoms with Crippen LogP contribution < -0.4 is 10.5 Å². The number of esters is 1. The Balaban J connectivity index is 2.70. The molecular formula is C12H17NO3. The molecule has 0 aromatic heterocycles. The average molecular weight is 223 g/mol. The summed E-state index contributed by atoms with van der Waals surface area (Å²) in [5.41, 5.74) is 7.18. The monoisotopic (exact) mass is 223 g/mol. The lowest BCUT2D eigenvalue weighted by molar-refractivity contribution is -0.139. The minimum Gasteiger partial charge on any atom is -0.491 e. The van der Waals surface area contributed by atoms with Crippen molar-refractivity contribution in [2.24, 2.45) is 0 Å². The molecule has 0 unspecified atom stereocenters. The second-order valence-electron chi connectivity index (χ2n) is 3.47. The maximum absolute atomic E-state index is 11.1. The highest BCUT2D eigenvalue weighted by atomic mass is 16.5. The number of nitrogen functional groups attached to an aromatic ring is 1. The fourth-order valence-corrected chi connectivity index (χ4v) is 1.29. The van der Waals surface area contributed by atoms with E-state index in [1.54, 1.807) is 12.1 Å². The smallest absolute Gasteiger partial charge is 0.309 e. The number of hydrogen-bond acceptors (Lipinski definition) is 4. The molecule has 1 rings (SSSR count). The molecule has 0 radical (unpaired) electrons. The fourth-order valence-electron chi connectivity index (χ4n) is 1.29. The Labute approximate surface area is 95.3 Å². The average Bonchev–Trinajstić information content (AvgIpc) is 2.28. The summed E-state index contributed by atoms with van der Waals surface area (Å²) < 4.78 is 10.0. The normalized spacial score (nSPS) is 9.88. The lowest BCUT2D eigenvalue weighted by Gasteiger charge is -2.09. The number of nitrogens with two attached hydrogens (primary N) is 1. The zero-order chi connectivity index (χ0) is 12.0. The number of anilines is 1. The standard InChI is InChI=1S/C12H17NO3/c1-3-6-16-11-5-4-9(7-10(11)13)8-12(14)15-2/h4-5,7H,3,6,8,13H2,1-2H3. The van der Waals surface area contributed by atoms with E-state index in [2.05, 4.69) is 4.74 Å². The summed E-state index contributed by atoms with van der Waals surface area (Å²) in [5, 5.41) is 0. The van der Waals surface area contributed by atoms with Gasteiger partial charge in [-0.3, -0.25) is 4.79 Å². The second kappa shape index (κ2) is 6.00. The number of ether oxygens (including phenoxy) is 2. The fraction of sp³-hybridized carbons (Fsp3) is 0.417. The number of hydrogen-bond donors (Lipinski definition) is 1. The molecule has 0 heterocycles. The lowest BCUT2D eigenvalue weighted by Crippen LogP contribution is -2.05. The molecule has 1 aromatic rings. The molecule has 0 saturated heterocycles. The third kappa shape index (κ3) is 3.46. The molecular weight excluding hydrogens is 206 g/mol. The number of carbonyl (C=O) groups is 1. The summed E-state index contributed by atoms with van der Waals surface area (Å²) >= 11 is 0. The Morgan fingerprint density at radius 3 is 2.75 bits per heavy atom. The van der Waals surface area contributed by atoms with Crippen molar-refractivity contribution < 1.29 is 14.3 Å². The Hall–Kier alpha value is -1.71. The first-order chi connectivity index (χ1) is 7.67. The van der Waals surface area contributed by atoms with Gasteiger partial charge in [-0.25, -0.2) is 0 Å². The number of rotatable bonds is 5. The van der Waals surface area contributed by atoms with E-state index in [1.165, 1.54) is 7.11 Å². The van der Waals surface area contributed by atoms with E-state index in [4.69, 9.17) is 10.5 Å². The van der Waals surface area contributed by atoms with Gasteiger partial charge < -0.3 is 15.2 Å². The molecule has 4 heteroatoms. The molecule has 0 amide bonds. The molecule has 0 fully saturated rings. The van der Waals surface area contributed by atoms with Gasteiger partial charge in [-0.15, -0.1) is 0 Å². The molecule has 16 heavy (non-hydrogen) atoms. The molecule has 0 bridgehead atoms. The zero-order valence-corrected chi connectivity index (χ0v) is 9.66. The van der Waals surface area contributed by atoms with Gasteiger partial charge in [-0.1, -0.05) is 13.0 Å². The second-order valence-corrected chi connectivity index (χ2v) is 3.47. The van der Waals surface area contributed by atoms with Crippen LogP contribution >= 0.6 is 0 Å². The number of benzene rings is 1. The van der Waals surface area contributed by atoms with E-state index in [-0.39, 0.29) is 12.4 Å². The summed E-state index contributed by atoms with van der Waals surface area (Å²) in [7, 11) is 1.37. The van der Waals surface area contributed by atoms with Crippen LogP contribution in [0.1, 0.15) is 18.9 Å². The van der Waals surface area contributed by atoms with Crippen molar-refractivity contribution >= 4 is 11.7 Å². The summed E-state index contributed by atoms with van der Waals surface area (Å²) in [6, 6.07) is 5.34. The van der Waals surface area contributed by atoms with Gasteiger partial charge in [0.05, 0.1) is 25.8 Å². The maximum Gasteiger partial charge on any atom is 0.309 e. The third-order valence-corrected chi connectivity index (χ3v) is 2.11. The number of carbonyl (C=O) groups excluding carboxylic acids is 1. The van der Waals surface area contributed by atoms with Crippen LogP contribution in [0.15, 0.2) is 18.2 Å². The first-order valence-corrected chi connectivity index (χ1v) is 5.25. The first-order valence-electron chi connectivity index (χ1n) is 5.25. The summed E-state index contributed by atoms with van der Waals surface area (Å²) in [4.78, 5) is 11.1. The summed E-state index contributed by atoms with van der Waals surface area (Å²) in [6.45, 7) is 2.67. The topological polar surface area (TPSA) is 61.5 Å². The van der Waals surface area contributed by atoms with Crippen LogP contribution in [0.3, 0.4) is 0 Å². The van der Waals surface area contributed by atoms with Gasteiger partial charge in [0.1, 0.15) is 5.75 Å². The van der Waals surface area contributed by atoms with Crippen molar-refractivity contribution in [3.63, 3.8) is 0 Å². The van der Waals surface area contributed by atoms with E-state index < -0.39 is 0 Å². The van der Waals surface area contributed by atoms with Crippen molar-refractivity contribution in [2.75, 3.05) is 19.5 Å². The summed E-state index contributed by atoms with van der Waals surface area (Å²) in [6.07, 6.45) is 1.16. The Kier molecular flexibility index (Phi) is 4.64. The van der Waals surface area contributed by atoms with Crippen LogP contribution in [0.2, 0.25) is 0 Å². The highest BCUT2D eigenvalue weighted by molar-refractivity contribution is 5.73. The molecule has 2 N–H and O–H groups in total. The Morgan fingerprint density at radius 1 is 1.44 bits per heavy atom. The summed E-state index contributed by atoms with van der Waals surface area (Å²) in [5.74, 6) is 0.386. The van der Waals surface area contributed by atoms with E-state index in [0.29, 0.717) is 18.0 Å². The molecule has 88 valence electrons. The minimum atomic E-state index is -0.276. The maximum atomic E-state index is 11.1. The predicted octanol–water partition coefficient (Wildman–Crippen LogP) is 1.77. The Bertz CT molecular complexity index is 363. The van der Waals surface area contributed by atoms with Crippen LogP contribution in [0.4, 0.5) is 5.69 Å². The van der Waals surface area contributed by atoms with Crippen molar-refractivity contribution in [2.45, 2.75) is 19.8 Å².